The zero-order valence-electron chi connectivity index (χ0n) is 19.0. The molecule has 0 spiro atoms. The van der Waals surface area contributed by atoms with Crippen LogP contribution < -0.4 is 9.64 Å². The molecule has 3 aromatic rings. The predicted octanol–water partition coefficient (Wildman–Crippen LogP) is 3.27. The molecule has 7 heteroatoms. The molecule has 0 bridgehead atoms. The van der Waals surface area contributed by atoms with Gasteiger partial charge in [0.2, 0.25) is 0 Å². The van der Waals surface area contributed by atoms with Gasteiger partial charge in [0.05, 0.1) is 13.2 Å². The summed E-state index contributed by atoms with van der Waals surface area (Å²) in [5, 5.41) is 11.0. The van der Waals surface area contributed by atoms with Crippen LogP contribution in [-0.4, -0.2) is 64.8 Å². The second-order valence-electron chi connectivity index (χ2n) is 8.21. The van der Waals surface area contributed by atoms with E-state index in [-0.39, 0.29) is 0 Å². The molecule has 168 valence electrons. The highest BCUT2D eigenvalue weighted by atomic mass is 16.5. The smallest absolute Gasteiger partial charge is 0.163 e. The number of nitrogens with zero attached hydrogens (tertiary/aromatic N) is 5. The van der Waals surface area contributed by atoms with Gasteiger partial charge < -0.3 is 19.6 Å². The number of aliphatic hydroxyl groups excluding tert-OH is 1. The molecule has 1 unspecified atom stereocenters. The minimum Gasteiger partial charge on any atom is -0.497 e. The number of methoxy groups -OCH3 is 1. The first kappa shape index (κ1) is 22.2. The van der Waals surface area contributed by atoms with Crippen LogP contribution in [0.3, 0.4) is 0 Å². The molecular weight excluding hydrogens is 402 g/mol. The van der Waals surface area contributed by atoms with Gasteiger partial charge in [0.25, 0.3) is 0 Å². The van der Waals surface area contributed by atoms with E-state index < -0.39 is 6.10 Å². The highest BCUT2D eigenvalue weighted by molar-refractivity contribution is 5.57. The molecule has 1 saturated heterocycles. The number of hydrogen-bond donors (Lipinski definition) is 1. The van der Waals surface area contributed by atoms with Crippen molar-refractivity contribution in [2.24, 2.45) is 0 Å². The maximum absolute atomic E-state index is 11.0. The molecule has 7 nitrogen and oxygen atoms in total. The van der Waals surface area contributed by atoms with Gasteiger partial charge in [-0.3, -0.25) is 4.98 Å². The first-order valence-electron chi connectivity index (χ1n) is 11.1. The molecule has 1 N–H and O–H groups in total. The maximum atomic E-state index is 11.0. The lowest BCUT2D eigenvalue weighted by atomic mass is 10.0. The van der Waals surface area contributed by atoms with Crippen molar-refractivity contribution in [2.75, 3.05) is 44.7 Å². The van der Waals surface area contributed by atoms with Gasteiger partial charge in [-0.15, -0.1) is 0 Å². The largest absolute Gasteiger partial charge is 0.497 e. The SMILES string of the molecule is CCN1CCN(c2cc(CC(O)c3cc(C)cc(OC)c3)nc(-c3cccnc3)n2)CC1. The molecule has 0 radical (unpaired) electrons. The third-order valence-electron chi connectivity index (χ3n) is 5.93. The molecule has 1 atom stereocenters. The fraction of sp³-hybridized carbons (Fsp3) is 0.400. The Morgan fingerprint density at radius 2 is 1.91 bits per heavy atom. The molecule has 3 heterocycles. The van der Waals surface area contributed by atoms with Crippen molar-refractivity contribution in [3.63, 3.8) is 0 Å². The third kappa shape index (κ3) is 5.23. The summed E-state index contributed by atoms with van der Waals surface area (Å²) in [5.74, 6) is 2.28. The highest BCUT2D eigenvalue weighted by Gasteiger charge is 2.20. The molecule has 0 amide bonds. The lowest BCUT2D eigenvalue weighted by molar-refractivity contribution is 0.176. The Morgan fingerprint density at radius 1 is 1.09 bits per heavy atom. The fourth-order valence-electron chi connectivity index (χ4n) is 4.07. The van der Waals surface area contributed by atoms with Crippen LogP contribution in [0.1, 0.15) is 29.8 Å². The van der Waals surface area contributed by atoms with Crippen molar-refractivity contribution in [2.45, 2.75) is 26.4 Å². The number of aromatic nitrogens is 3. The number of ether oxygens (including phenoxy) is 1. The predicted molar refractivity (Wildman–Crippen MR) is 126 cm³/mol. The van der Waals surface area contributed by atoms with Crippen LogP contribution in [0.2, 0.25) is 0 Å². The summed E-state index contributed by atoms with van der Waals surface area (Å²) in [7, 11) is 1.64. The van der Waals surface area contributed by atoms with E-state index in [1.54, 1.807) is 19.5 Å². The number of piperazine rings is 1. The second-order valence-corrected chi connectivity index (χ2v) is 8.21. The van der Waals surface area contributed by atoms with Crippen molar-refractivity contribution in [3.05, 3.63) is 65.6 Å². The summed E-state index contributed by atoms with van der Waals surface area (Å²) in [6, 6.07) is 11.7. The molecule has 32 heavy (non-hydrogen) atoms. The lowest BCUT2D eigenvalue weighted by Gasteiger charge is -2.35. The van der Waals surface area contributed by atoms with Gasteiger partial charge in [0.15, 0.2) is 5.82 Å². The van der Waals surface area contributed by atoms with Crippen LogP contribution >= 0.6 is 0 Å². The van der Waals surface area contributed by atoms with E-state index in [9.17, 15) is 5.11 Å². The van der Waals surface area contributed by atoms with Crippen LogP contribution in [0, 0.1) is 6.92 Å². The number of benzene rings is 1. The maximum Gasteiger partial charge on any atom is 0.163 e. The molecule has 0 saturated carbocycles. The molecule has 1 aromatic carbocycles. The summed E-state index contributed by atoms with van der Waals surface area (Å²) in [4.78, 5) is 18.6. The molecule has 1 aliphatic heterocycles. The van der Waals surface area contributed by atoms with Crippen molar-refractivity contribution in [1.29, 1.82) is 0 Å². The summed E-state index contributed by atoms with van der Waals surface area (Å²) in [6.45, 7) is 9.14. The van der Waals surface area contributed by atoms with E-state index in [2.05, 4.69) is 21.7 Å². The number of aliphatic hydroxyl groups is 1. The summed E-state index contributed by atoms with van der Waals surface area (Å²) in [5.41, 5.74) is 3.54. The third-order valence-corrected chi connectivity index (χ3v) is 5.93. The van der Waals surface area contributed by atoms with Crippen LogP contribution in [0.4, 0.5) is 5.82 Å². The highest BCUT2D eigenvalue weighted by Crippen LogP contribution is 2.27. The van der Waals surface area contributed by atoms with Gasteiger partial charge in [-0.2, -0.15) is 0 Å². The number of hydrogen-bond acceptors (Lipinski definition) is 7. The zero-order chi connectivity index (χ0) is 22.5. The summed E-state index contributed by atoms with van der Waals surface area (Å²) >= 11 is 0. The fourth-order valence-corrected chi connectivity index (χ4v) is 4.07. The molecular formula is C25H31N5O2. The van der Waals surface area contributed by atoms with E-state index in [1.165, 1.54) is 0 Å². The number of aryl methyl sites for hydroxylation is 1. The molecule has 2 aromatic heterocycles. The molecule has 4 rings (SSSR count). The van der Waals surface area contributed by atoms with Crippen LogP contribution in [0.5, 0.6) is 5.75 Å². The van der Waals surface area contributed by atoms with Gasteiger partial charge in [-0.25, -0.2) is 9.97 Å². The second kappa shape index (κ2) is 10.1. The van der Waals surface area contributed by atoms with Crippen LogP contribution in [-0.2, 0) is 6.42 Å². The number of rotatable bonds is 7. The first-order valence-corrected chi connectivity index (χ1v) is 11.1. The average molecular weight is 434 g/mol. The molecule has 1 fully saturated rings. The minimum absolute atomic E-state index is 0.393. The van der Waals surface area contributed by atoms with Crippen molar-refractivity contribution in [1.82, 2.24) is 19.9 Å². The number of likely N-dealkylation sites (N-methyl/N-ethyl adjacent to an activating group) is 1. The van der Waals surface area contributed by atoms with E-state index in [0.29, 0.717) is 12.2 Å². The van der Waals surface area contributed by atoms with Crippen LogP contribution in [0.25, 0.3) is 11.4 Å². The Bertz CT molecular complexity index is 1040. The first-order chi connectivity index (χ1) is 15.6. The van der Waals surface area contributed by atoms with Gasteiger partial charge in [0, 0.05) is 62.3 Å². The Morgan fingerprint density at radius 3 is 2.59 bits per heavy atom. The standard InChI is InChI=1S/C25H31N5O2/c1-4-29-8-10-30(11-9-29)24-16-21(27-25(28-24)19-6-5-7-26-17-19)15-23(31)20-12-18(2)13-22(14-20)32-3/h5-7,12-14,16-17,23,31H,4,8-11,15H2,1-3H3. The van der Waals surface area contributed by atoms with Crippen molar-refractivity contribution >= 4 is 5.82 Å². The van der Waals surface area contributed by atoms with Gasteiger partial charge in [-0.05, 0) is 48.9 Å². The Kier molecular flexibility index (Phi) is 6.97. The van der Waals surface area contributed by atoms with Gasteiger partial charge >= 0.3 is 0 Å². The Labute approximate surface area is 189 Å². The van der Waals surface area contributed by atoms with Gasteiger partial charge in [0.1, 0.15) is 11.6 Å². The number of pyridine rings is 1. The number of anilines is 1. The molecule has 1 aliphatic rings. The summed E-state index contributed by atoms with van der Waals surface area (Å²) < 4.78 is 5.38. The topological polar surface area (TPSA) is 74.6 Å². The van der Waals surface area contributed by atoms with Crippen LogP contribution in [0.15, 0.2) is 48.8 Å². The average Bonchev–Trinajstić information content (AvgIpc) is 2.84. The Balaban J connectivity index is 1.64. The van der Waals surface area contributed by atoms with E-state index in [0.717, 1.165) is 66.7 Å². The van der Waals surface area contributed by atoms with E-state index in [4.69, 9.17) is 14.7 Å². The molecule has 0 aliphatic carbocycles. The van der Waals surface area contributed by atoms with E-state index in [1.807, 2.05) is 43.3 Å². The lowest BCUT2D eigenvalue weighted by Crippen LogP contribution is -2.46. The monoisotopic (exact) mass is 433 g/mol. The van der Waals surface area contributed by atoms with Gasteiger partial charge in [-0.1, -0.05) is 13.0 Å². The quantitative estimate of drug-likeness (QED) is 0.613. The van der Waals surface area contributed by atoms with E-state index >= 15 is 0 Å². The summed E-state index contributed by atoms with van der Waals surface area (Å²) in [6.07, 6.45) is 3.22. The minimum atomic E-state index is -0.690. The Hall–Kier alpha value is -3.03. The zero-order valence-corrected chi connectivity index (χ0v) is 19.0. The van der Waals surface area contributed by atoms with Crippen molar-refractivity contribution < 1.29 is 9.84 Å². The van der Waals surface area contributed by atoms with Crippen molar-refractivity contribution in [3.8, 4) is 17.1 Å². The normalized spacial score (nSPS) is 15.6.